The molecule has 1 aliphatic rings. The third kappa shape index (κ3) is 2.71. The molecule has 2 unspecified atom stereocenters. The molecule has 0 aliphatic carbocycles. The molecular formula is C22H25N3O. The molecular weight excluding hydrogens is 322 g/mol. The van der Waals surface area contributed by atoms with Gasteiger partial charge >= 0.3 is 0 Å². The molecule has 0 fully saturated rings. The van der Waals surface area contributed by atoms with Crippen molar-refractivity contribution in [1.82, 2.24) is 9.88 Å². The summed E-state index contributed by atoms with van der Waals surface area (Å²) in [6.45, 7) is 4.92. The van der Waals surface area contributed by atoms with Gasteiger partial charge in [-0.25, -0.2) is 0 Å². The number of benzene rings is 2. The molecule has 2 aromatic carbocycles. The van der Waals surface area contributed by atoms with Crippen LogP contribution < -0.4 is 5.73 Å². The van der Waals surface area contributed by atoms with Crippen molar-refractivity contribution in [1.29, 1.82) is 0 Å². The van der Waals surface area contributed by atoms with Gasteiger partial charge in [-0.1, -0.05) is 50.2 Å². The van der Waals surface area contributed by atoms with Crippen LogP contribution in [0, 0.1) is 5.92 Å². The minimum atomic E-state index is -0.140. The fraction of sp³-hybridized carbons (Fsp3) is 0.318. The number of para-hydroxylation sites is 1. The van der Waals surface area contributed by atoms with E-state index in [1.54, 1.807) is 0 Å². The van der Waals surface area contributed by atoms with Crippen molar-refractivity contribution < 1.29 is 4.79 Å². The van der Waals surface area contributed by atoms with E-state index in [0.29, 0.717) is 12.1 Å². The highest BCUT2D eigenvalue weighted by molar-refractivity contribution is 5.95. The molecule has 0 spiro atoms. The number of nitrogens with zero attached hydrogens (tertiary/aromatic N) is 1. The van der Waals surface area contributed by atoms with Crippen LogP contribution in [0.4, 0.5) is 0 Å². The van der Waals surface area contributed by atoms with Gasteiger partial charge in [-0.3, -0.25) is 4.79 Å². The zero-order valence-corrected chi connectivity index (χ0v) is 15.3. The predicted molar refractivity (Wildman–Crippen MR) is 105 cm³/mol. The molecule has 0 saturated heterocycles. The predicted octanol–water partition coefficient (Wildman–Crippen LogP) is 3.89. The number of H-pyrrole nitrogens is 1. The maximum atomic E-state index is 13.2. The summed E-state index contributed by atoms with van der Waals surface area (Å²) >= 11 is 0. The van der Waals surface area contributed by atoms with Crippen LogP contribution in [0.2, 0.25) is 0 Å². The van der Waals surface area contributed by atoms with Crippen LogP contribution in [0.15, 0.2) is 54.6 Å². The van der Waals surface area contributed by atoms with E-state index in [0.717, 1.165) is 17.6 Å². The number of hydrogen-bond acceptors (Lipinski definition) is 2. The topological polar surface area (TPSA) is 62.1 Å². The van der Waals surface area contributed by atoms with Crippen LogP contribution in [0.5, 0.6) is 0 Å². The van der Waals surface area contributed by atoms with Gasteiger partial charge in [0.25, 0.3) is 5.91 Å². The standard InChI is InChI=1S/C22H25N3O/c1-14(2)19(23)21-20-17(16-10-6-7-11-18(16)24-20)12-13-25(21)22(26)15-8-4-3-5-9-15/h3-11,14,19,21,24H,12-13,23H2,1-2H3. The van der Waals surface area contributed by atoms with Crippen LogP contribution in [-0.4, -0.2) is 28.4 Å². The third-order valence-electron chi connectivity index (χ3n) is 5.50. The van der Waals surface area contributed by atoms with E-state index in [2.05, 4.69) is 37.0 Å². The normalized spacial score (nSPS) is 18.2. The van der Waals surface area contributed by atoms with E-state index in [1.807, 2.05) is 41.3 Å². The Bertz CT molecular complexity index is 929. The Hall–Kier alpha value is -2.59. The maximum absolute atomic E-state index is 13.2. The fourth-order valence-electron chi connectivity index (χ4n) is 4.01. The first-order chi connectivity index (χ1) is 12.6. The monoisotopic (exact) mass is 347 g/mol. The smallest absolute Gasteiger partial charge is 0.254 e. The molecule has 1 aromatic heterocycles. The second-order valence-corrected chi connectivity index (χ2v) is 7.44. The summed E-state index contributed by atoms with van der Waals surface area (Å²) in [5, 5.41) is 1.25. The molecule has 26 heavy (non-hydrogen) atoms. The zero-order chi connectivity index (χ0) is 18.3. The van der Waals surface area contributed by atoms with Gasteiger partial charge in [-0.05, 0) is 36.1 Å². The summed E-state index contributed by atoms with van der Waals surface area (Å²) < 4.78 is 0. The van der Waals surface area contributed by atoms with E-state index >= 15 is 0 Å². The van der Waals surface area contributed by atoms with Crippen molar-refractivity contribution in [3.63, 3.8) is 0 Å². The first-order valence-corrected chi connectivity index (χ1v) is 9.29. The highest BCUT2D eigenvalue weighted by atomic mass is 16.2. The van der Waals surface area contributed by atoms with E-state index < -0.39 is 0 Å². The van der Waals surface area contributed by atoms with Crippen molar-refractivity contribution in [3.8, 4) is 0 Å². The summed E-state index contributed by atoms with van der Waals surface area (Å²) in [5.74, 6) is 0.319. The van der Waals surface area contributed by atoms with Gasteiger partial charge in [0.05, 0.1) is 6.04 Å². The molecule has 4 nitrogen and oxygen atoms in total. The van der Waals surface area contributed by atoms with Gasteiger partial charge < -0.3 is 15.6 Å². The first kappa shape index (κ1) is 16.9. The van der Waals surface area contributed by atoms with Gasteiger partial charge in [-0.2, -0.15) is 0 Å². The number of rotatable bonds is 3. The van der Waals surface area contributed by atoms with Crippen molar-refractivity contribution >= 4 is 16.8 Å². The van der Waals surface area contributed by atoms with Crippen LogP contribution in [0.1, 0.15) is 41.5 Å². The minimum Gasteiger partial charge on any atom is -0.356 e. The lowest BCUT2D eigenvalue weighted by molar-refractivity contribution is 0.0602. The summed E-state index contributed by atoms with van der Waals surface area (Å²) in [5.41, 5.74) is 10.9. The van der Waals surface area contributed by atoms with Gasteiger partial charge in [0.15, 0.2) is 0 Å². The molecule has 2 heterocycles. The molecule has 3 N–H and O–H groups in total. The molecule has 3 aromatic rings. The Balaban J connectivity index is 1.82. The number of aromatic nitrogens is 1. The quantitative estimate of drug-likeness (QED) is 0.755. The number of aromatic amines is 1. The number of nitrogens with two attached hydrogens (primary N) is 1. The Morgan fingerprint density at radius 2 is 1.81 bits per heavy atom. The highest BCUT2D eigenvalue weighted by Crippen LogP contribution is 2.38. The van der Waals surface area contributed by atoms with E-state index in [-0.39, 0.29) is 23.9 Å². The number of carbonyl (C=O) groups is 1. The number of nitrogens with one attached hydrogen (secondary N) is 1. The van der Waals surface area contributed by atoms with E-state index in [1.165, 1.54) is 10.9 Å². The lowest BCUT2D eigenvalue weighted by Crippen LogP contribution is -2.49. The van der Waals surface area contributed by atoms with Crippen molar-refractivity contribution in [2.75, 3.05) is 6.54 Å². The number of hydrogen-bond donors (Lipinski definition) is 2. The lowest BCUT2D eigenvalue weighted by atomic mass is 9.87. The first-order valence-electron chi connectivity index (χ1n) is 9.29. The number of amides is 1. The largest absolute Gasteiger partial charge is 0.356 e. The molecule has 1 aliphatic heterocycles. The summed E-state index contributed by atoms with van der Waals surface area (Å²) in [6, 6.07) is 17.6. The van der Waals surface area contributed by atoms with Gasteiger partial charge in [0.2, 0.25) is 0 Å². The molecule has 4 heteroatoms. The van der Waals surface area contributed by atoms with Gasteiger partial charge in [0, 0.05) is 34.7 Å². The van der Waals surface area contributed by atoms with Gasteiger partial charge in [0.1, 0.15) is 0 Å². The molecule has 134 valence electrons. The van der Waals surface area contributed by atoms with Crippen molar-refractivity contribution in [3.05, 3.63) is 71.4 Å². The second-order valence-electron chi connectivity index (χ2n) is 7.44. The van der Waals surface area contributed by atoms with Crippen LogP contribution in [0.3, 0.4) is 0 Å². The number of fused-ring (bicyclic) bond motifs is 3. The van der Waals surface area contributed by atoms with Crippen LogP contribution in [0.25, 0.3) is 10.9 Å². The lowest BCUT2D eigenvalue weighted by Gasteiger charge is -2.40. The van der Waals surface area contributed by atoms with Crippen LogP contribution >= 0.6 is 0 Å². The molecule has 2 atom stereocenters. The molecule has 1 amide bonds. The average molecular weight is 347 g/mol. The SMILES string of the molecule is CC(C)C(N)C1c2[nH]c3ccccc3c2CCN1C(=O)c1ccccc1. The van der Waals surface area contributed by atoms with Crippen molar-refractivity contribution in [2.45, 2.75) is 32.4 Å². The Kier molecular flexibility index (Phi) is 4.29. The van der Waals surface area contributed by atoms with E-state index in [9.17, 15) is 4.79 Å². The Morgan fingerprint density at radius 1 is 1.12 bits per heavy atom. The van der Waals surface area contributed by atoms with Crippen molar-refractivity contribution in [2.24, 2.45) is 11.7 Å². The summed E-state index contributed by atoms with van der Waals surface area (Å²) in [6.07, 6.45) is 0.846. The van der Waals surface area contributed by atoms with Crippen LogP contribution in [-0.2, 0) is 6.42 Å². The minimum absolute atomic E-state index is 0.0519. The van der Waals surface area contributed by atoms with Gasteiger partial charge in [-0.15, -0.1) is 0 Å². The Labute approximate surface area is 154 Å². The fourth-order valence-corrected chi connectivity index (χ4v) is 4.01. The zero-order valence-electron chi connectivity index (χ0n) is 15.3. The molecule has 4 rings (SSSR count). The Morgan fingerprint density at radius 3 is 2.54 bits per heavy atom. The van der Waals surface area contributed by atoms with E-state index in [4.69, 9.17) is 5.73 Å². The number of carbonyl (C=O) groups excluding carboxylic acids is 1. The highest BCUT2D eigenvalue weighted by Gasteiger charge is 2.38. The average Bonchev–Trinajstić information content (AvgIpc) is 3.05. The maximum Gasteiger partial charge on any atom is 0.254 e. The summed E-state index contributed by atoms with van der Waals surface area (Å²) in [4.78, 5) is 18.7. The second kappa shape index (κ2) is 6.61. The molecule has 0 saturated carbocycles. The molecule has 0 bridgehead atoms. The summed E-state index contributed by atoms with van der Waals surface area (Å²) in [7, 11) is 0. The third-order valence-corrected chi connectivity index (χ3v) is 5.50. The molecule has 0 radical (unpaired) electrons.